The summed E-state index contributed by atoms with van der Waals surface area (Å²) in [4.78, 5) is 0. The lowest BCUT2D eigenvalue weighted by atomic mass is 9.92. The first-order valence-electron chi connectivity index (χ1n) is 7.18. The van der Waals surface area contributed by atoms with Crippen LogP contribution in [0.25, 0.3) is 0 Å². The molecule has 1 aromatic heterocycles. The molecule has 3 rings (SSSR count). The highest BCUT2D eigenvalue weighted by atomic mass is 16.3. The number of furan rings is 1. The summed E-state index contributed by atoms with van der Waals surface area (Å²) in [5.41, 5.74) is 2.19. The Kier molecular flexibility index (Phi) is 3.64. The Morgan fingerprint density at radius 3 is 2.60 bits per heavy atom. The summed E-state index contributed by atoms with van der Waals surface area (Å²) in [6, 6.07) is 11.9. The Morgan fingerprint density at radius 1 is 1.25 bits per heavy atom. The van der Waals surface area contributed by atoms with E-state index >= 15 is 0 Å². The van der Waals surface area contributed by atoms with Gasteiger partial charge in [0, 0.05) is 12.0 Å². The first kappa shape index (κ1) is 13.4. The molecule has 3 nitrogen and oxygen atoms in total. The minimum absolute atomic E-state index is 0.00184. The molecule has 0 saturated heterocycles. The van der Waals surface area contributed by atoms with Crippen molar-refractivity contribution in [2.45, 2.75) is 32.4 Å². The molecule has 1 aliphatic rings. The molecule has 0 bridgehead atoms. The van der Waals surface area contributed by atoms with Gasteiger partial charge in [-0.3, -0.25) is 0 Å². The normalized spacial score (nSPS) is 17.9. The predicted octanol–water partition coefficient (Wildman–Crippen LogP) is 3.19. The van der Waals surface area contributed by atoms with Gasteiger partial charge in [-0.1, -0.05) is 30.3 Å². The lowest BCUT2D eigenvalue weighted by Crippen LogP contribution is -2.28. The highest BCUT2D eigenvalue weighted by Crippen LogP contribution is 2.54. The average Bonchev–Trinajstić information content (AvgIpc) is 3.16. The van der Waals surface area contributed by atoms with Crippen LogP contribution in [0.1, 0.15) is 35.8 Å². The monoisotopic (exact) mass is 271 g/mol. The number of aliphatic hydroxyl groups excluding tert-OH is 1. The van der Waals surface area contributed by atoms with Crippen molar-refractivity contribution < 1.29 is 9.52 Å². The second-order valence-electron chi connectivity index (χ2n) is 5.81. The van der Waals surface area contributed by atoms with Crippen LogP contribution in [0.4, 0.5) is 0 Å². The minimum Gasteiger partial charge on any atom is -0.468 e. The van der Waals surface area contributed by atoms with Crippen molar-refractivity contribution in [1.82, 2.24) is 5.32 Å². The van der Waals surface area contributed by atoms with Crippen molar-refractivity contribution >= 4 is 0 Å². The van der Waals surface area contributed by atoms with Crippen molar-refractivity contribution in [3.05, 3.63) is 59.5 Å². The maximum absolute atomic E-state index is 10.6. The van der Waals surface area contributed by atoms with E-state index in [2.05, 4.69) is 5.32 Å². The number of aliphatic hydroxyl groups is 1. The third-order valence-electron chi connectivity index (χ3n) is 4.32. The van der Waals surface area contributed by atoms with Crippen LogP contribution in [-0.2, 0) is 6.54 Å². The molecule has 1 saturated carbocycles. The van der Waals surface area contributed by atoms with Gasteiger partial charge in [0.05, 0.1) is 18.9 Å². The zero-order valence-electron chi connectivity index (χ0n) is 11.8. The highest BCUT2D eigenvalue weighted by molar-refractivity contribution is 5.22. The third-order valence-corrected chi connectivity index (χ3v) is 4.32. The quantitative estimate of drug-likeness (QED) is 0.848. The molecular formula is C17H21NO2. The fourth-order valence-corrected chi connectivity index (χ4v) is 2.71. The summed E-state index contributed by atoms with van der Waals surface area (Å²) in [6.07, 6.45) is 3.49. The zero-order chi connectivity index (χ0) is 14.0. The number of nitrogens with one attached hydrogen (secondary N) is 1. The Hall–Kier alpha value is -1.58. The van der Waals surface area contributed by atoms with Gasteiger partial charge in [-0.25, -0.2) is 0 Å². The van der Waals surface area contributed by atoms with Crippen molar-refractivity contribution in [1.29, 1.82) is 0 Å². The maximum Gasteiger partial charge on any atom is 0.120 e. The second kappa shape index (κ2) is 5.43. The summed E-state index contributed by atoms with van der Waals surface area (Å²) in [5.74, 6) is 0.981. The molecule has 1 unspecified atom stereocenters. The minimum atomic E-state index is -0.381. The Balaban J connectivity index is 1.58. The number of hydrogen-bond donors (Lipinski definition) is 2. The Labute approximate surface area is 119 Å². The first-order chi connectivity index (χ1) is 9.71. The van der Waals surface area contributed by atoms with E-state index in [1.807, 2.05) is 43.3 Å². The van der Waals surface area contributed by atoms with Crippen LogP contribution in [0.3, 0.4) is 0 Å². The van der Waals surface area contributed by atoms with Crippen LogP contribution in [-0.4, -0.2) is 11.7 Å². The van der Waals surface area contributed by atoms with Crippen LogP contribution in [0.5, 0.6) is 0 Å². The fraction of sp³-hybridized carbons (Fsp3) is 0.412. The Bertz CT molecular complexity index is 557. The summed E-state index contributed by atoms with van der Waals surface area (Å²) in [7, 11) is 0. The molecule has 0 radical (unpaired) electrons. The van der Waals surface area contributed by atoms with Crippen LogP contribution < -0.4 is 5.32 Å². The van der Waals surface area contributed by atoms with Gasteiger partial charge in [-0.15, -0.1) is 0 Å². The second-order valence-corrected chi connectivity index (χ2v) is 5.81. The molecule has 3 heteroatoms. The van der Waals surface area contributed by atoms with E-state index in [9.17, 15) is 5.11 Å². The van der Waals surface area contributed by atoms with Crippen molar-refractivity contribution in [3.8, 4) is 0 Å². The molecule has 2 aromatic rings. The number of benzene rings is 1. The molecule has 2 N–H and O–H groups in total. The van der Waals surface area contributed by atoms with Gasteiger partial charge in [0.25, 0.3) is 0 Å². The third kappa shape index (κ3) is 2.65. The molecule has 0 amide bonds. The van der Waals surface area contributed by atoms with Crippen LogP contribution >= 0.6 is 0 Å². The topological polar surface area (TPSA) is 45.4 Å². The average molecular weight is 271 g/mol. The van der Waals surface area contributed by atoms with E-state index in [0.29, 0.717) is 0 Å². The SMILES string of the molecule is Cc1ccoc1CNCC1(C(O)c2ccccc2)CC1. The molecule has 0 spiro atoms. The molecule has 1 aromatic carbocycles. The lowest BCUT2D eigenvalue weighted by Gasteiger charge is -2.23. The van der Waals surface area contributed by atoms with Crippen LogP contribution in [0.2, 0.25) is 0 Å². The summed E-state index contributed by atoms with van der Waals surface area (Å²) in [6.45, 7) is 3.59. The number of hydrogen-bond acceptors (Lipinski definition) is 3. The van der Waals surface area contributed by atoms with Gasteiger partial charge in [0.1, 0.15) is 5.76 Å². The van der Waals surface area contributed by atoms with Gasteiger partial charge in [0.15, 0.2) is 0 Å². The molecule has 20 heavy (non-hydrogen) atoms. The fourth-order valence-electron chi connectivity index (χ4n) is 2.71. The number of rotatable bonds is 6. The van der Waals surface area contributed by atoms with Crippen LogP contribution in [0, 0.1) is 12.3 Å². The zero-order valence-corrected chi connectivity index (χ0v) is 11.8. The lowest BCUT2D eigenvalue weighted by molar-refractivity contribution is 0.0914. The van der Waals surface area contributed by atoms with E-state index in [1.54, 1.807) is 6.26 Å². The highest BCUT2D eigenvalue weighted by Gasteiger charge is 2.48. The largest absolute Gasteiger partial charge is 0.468 e. The maximum atomic E-state index is 10.6. The predicted molar refractivity (Wildman–Crippen MR) is 78.2 cm³/mol. The summed E-state index contributed by atoms with van der Waals surface area (Å²) >= 11 is 0. The van der Waals surface area contributed by atoms with Gasteiger partial charge in [-0.05, 0) is 37.0 Å². The smallest absolute Gasteiger partial charge is 0.120 e. The van der Waals surface area contributed by atoms with E-state index in [1.165, 1.54) is 5.56 Å². The standard InChI is InChI=1S/C17H21NO2/c1-13-7-10-20-15(13)11-18-12-17(8-9-17)16(19)14-5-3-2-4-6-14/h2-7,10,16,18-19H,8-9,11-12H2,1H3. The van der Waals surface area contributed by atoms with Crippen molar-refractivity contribution in [2.24, 2.45) is 5.41 Å². The molecule has 1 atom stereocenters. The molecule has 1 fully saturated rings. The summed E-state index contributed by atoms with van der Waals surface area (Å²) < 4.78 is 5.42. The molecule has 1 aliphatic carbocycles. The Morgan fingerprint density at radius 2 is 2.00 bits per heavy atom. The van der Waals surface area contributed by atoms with Crippen molar-refractivity contribution in [3.63, 3.8) is 0 Å². The van der Waals surface area contributed by atoms with Crippen molar-refractivity contribution in [2.75, 3.05) is 6.54 Å². The van der Waals surface area contributed by atoms with Gasteiger partial charge in [0.2, 0.25) is 0 Å². The van der Waals surface area contributed by atoms with E-state index in [-0.39, 0.29) is 11.5 Å². The van der Waals surface area contributed by atoms with E-state index in [4.69, 9.17) is 4.42 Å². The van der Waals surface area contributed by atoms with Gasteiger partial charge in [-0.2, -0.15) is 0 Å². The molecule has 1 heterocycles. The van der Waals surface area contributed by atoms with Gasteiger partial charge < -0.3 is 14.8 Å². The summed E-state index contributed by atoms with van der Waals surface area (Å²) in [5, 5.41) is 14.0. The van der Waals surface area contributed by atoms with Crippen LogP contribution in [0.15, 0.2) is 47.1 Å². The van der Waals surface area contributed by atoms with Gasteiger partial charge >= 0.3 is 0 Å². The van der Waals surface area contributed by atoms with E-state index in [0.717, 1.165) is 37.3 Å². The van der Waals surface area contributed by atoms with E-state index < -0.39 is 0 Å². The number of aryl methyl sites for hydroxylation is 1. The molecular weight excluding hydrogens is 250 g/mol. The molecule has 0 aliphatic heterocycles. The molecule has 106 valence electrons. The first-order valence-corrected chi connectivity index (χ1v) is 7.18.